The van der Waals surface area contributed by atoms with Crippen LogP contribution in [0.15, 0.2) is 0 Å². The molecule has 0 aromatic heterocycles. The van der Waals surface area contributed by atoms with Crippen LogP contribution in [-0.4, -0.2) is 24.6 Å². The van der Waals surface area contributed by atoms with Crippen LogP contribution in [0.2, 0.25) is 0 Å². The molecule has 0 aromatic carbocycles. The van der Waals surface area contributed by atoms with Gasteiger partial charge >= 0.3 is 98.1 Å². The van der Waals surface area contributed by atoms with Crippen LogP contribution < -0.4 is 0 Å². The second-order valence-corrected chi connectivity index (χ2v) is 10.1. The molecule has 0 N–H and O–H groups in total. The quantitative estimate of drug-likeness (QED) is 0.466. The molecule has 0 heterocycles. The van der Waals surface area contributed by atoms with Crippen molar-refractivity contribution in [1.82, 2.24) is 0 Å². The van der Waals surface area contributed by atoms with Gasteiger partial charge < -0.3 is 0 Å². The topological polar surface area (TPSA) is 0 Å². The SMILES string of the molecule is [CH2]C[PH](CCCC)(CCCC)CCCC. The molecule has 0 atom stereocenters. The van der Waals surface area contributed by atoms with Crippen LogP contribution in [0, 0.1) is 6.92 Å². The van der Waals surface area contributed by atoms with Crippen molar-refractivity contribution in [1.29, 1.82) is 0 Å². The van der Waals surface area contributed by atoms with Crippen molar-refractivity contribution in [2.75, 3.05) is 24.6 Å². The van der Waals surface area contributed by atoms with E-state index in [0.29, 0.717) is 0 Å². The Balaban J connectivity index is 4.16. The van der Waals surface area contributed by atoms with Crippen molar-refractivity contribution in [2.45, 2.75) is 59.3 Å². The van der Waals surface area contributed by atoms with Crippen molar-refractivity contribution < 1.29 is 0 Å². The van der Waals surface area contributed by atoms with Crippen molar-refractivity contribution in [3.8, 4) is 0 Å². The maximum atomic E-state index is 4.28. The second kappa shape index (κ2) is 9.64. The molecular formula is C14H32P. The van der Waals surface area contributed by atoms with Gasteiger partial charge in [-0.1, -0.05) is 0 Å². The van der Waals surface area contributed by atoms with Crippen molar-refractivity contribution in [3.63, 3.8) is 0 Å². The zero-order valence-electron chi connectivity index (χ0n) is 11.3. The predicted molar refractivity (Wildman–Crippen MR) is 77.9 cm³/mol. The van der Waals surface area contributed by atoms with Gasteiger partial charge in [0.25, 0.3) is 0 Å². The van der Waals surface area contributed by atoms with E-state index in [2.05, 4.69) is 27.7 Å². The monoisotopic (exact) mass is 231 g/mol. The summed E-state index contributed by atoms with van der Waals surface area (Å²) in [6.45, 7) is 11.2. The number of hydrogen-bond acceptors (Lipinski definition) is 0. The Morgan fingerprint density at radius 2 is 1.07 bits per heavy atom. The molecule has 0 fully saturated rings. The molecule has 0 aromatic rings. The van der Waals surface area contributed by atoms with Crippen LogP contribution in [-0.2, 0) is 0 Å². The number of unbranched alkanes of at least 4 members (excludes halogenated alkanes) is 3. The molecule has 15 heavy (non-hydrogen) atoms. The van der Waals surface area contributed by atoms with E-state index in [1.165, 1.54) is 44.7 Å². The van der Waals surface area contributed by atoms with Crippen LogP contribution >= 0.6 is 7.26 Å². The van der Waals surface area contributed by atoms with E-state index >= 15 is 0 Å². The summed E-state index contributed by atoms with van der Waals surface area (Å²) < 4.78 is 0. The molecule has 0 aliphatic rings. The first kappa shape index (κ1) is 15.4. The van der Waals surface area contributed by atoms with E-state index in [1.807, 2.05) is 0 Å². The molecule has 0 nitrogen and oxygen atoms in total. The Bertz CT molecular complexity index is 110. The third kappa shape index (κ3) is 6.56. The van der Waals surface area contributed by atoms with Crippen molar-refractivity contribution in [3.05, 3.63) is 6.92 Å². The number of rotatable bonds is 10. The zero-order chi connectivity index (χ0) is 11.6. The van der Waals surface area contributed by atoms with Gasteiger partial charge in [-0.2, -0.15) is 0 Å². The van der Waals surface area contributed by atoms with E-state index < -0.39 is 7.26 Å². The summed E-state index contributed by atoms with van der Waals surface area (Å²) in [5.74, 6) is 0. The molecule has 0 spiro atoms. The van der Waals surface area contributed by atoms with Crippen molar-refractivity contribution >= 4 is 7.26 Å². The van der Waals surface area contributed by atoms with Gasteiger partial charge in [-0.05, 0) is 0 Å². The standard InChI is InChI=1S/C14H32P/c1-5-9-12-15(8-4,13-10-6-2)14-11-7-3/h15H,4-14H2,1-3H3. The summed E-state index contributed by atoms with van der Waals surface area (Å²) in [5, 5.41) is 0. The molecule has 0 saturated carbocycles. The predicted octanol–water partition coefficient (Wildman–Crippen LogP) is 4.97. The second-order valence-electron chi connectivity index (χ2n) is 5.06. The van der Waals surface area contributed by atoms with Gasteiger partial charge in [0.2, 0.25) is 0 Å². The molecular weight excluding hydrogens is 199 g/mol. The Hall–Kier alpha value is 0.430. The fourth-order valence-corrected chi connectivity index (χ4v) is 7.22. The van der Waals surface area contributed by atoms with Gasteiger partial charge in [-0.25, -0.2) is 0 Å². The van der Waals surface area contributed by atoms with Crippen LogP contribution in [0.25, 0.3) is 0 Å². The average Bonchev–Trinajstić information content (AvgIpc) is 2.29. The summed E-state index contributed by atoms with van der Waals surface area (Å²) >= 11 is 0. The van der Waals surface area contributed by atoms with E-state index in [1.54, 1.807) is 18.5 Å². The van der Waals surface area contributed by atoms with E-state index in [4.69, 9.17) is 0 Å². The fraction of sp³-hybridized carbons (Fsp3) is 0.929. The van der Waals surface area contributed by atoms with Gasteiger partial charge in [0.05, 0.1) is 0 Å². The molecule has 0 aliphatic carbocycles. The summed E-state index contributed by atoms with van der Waals surface area (Å²) in [4.78, 5) is 0. The van der Waals surface area contributed by atoms with Gasteiger partial charge in [0.1, 0.15) is 0 Å². The summed E-state index contributed by atoms with van der Waals surface area (Å²) in [7, 11) is -0.944. The van der Waals surface area contributed by atoms with Gasteiger partial charge in [0.15, 0.2) is 0 Å². The first-order valence-corrected chi connectivity index (χ1v) is 9.86. The van der Waals surface area contributed by atoms with Crippen LogP contribution in [0.4, 0.5) is 0 Å². The van der Waals surface area contributed by atoms with Gasteiger partial charge in [-0.3, -0.25) is 0 Å². The Labute approximate surface area is 98.6 Å². The minimum atomic E-state index is -0.944. The average molecular weight is 231 g/mol. The Morgan fingerprint density at radius 3 is 1.27 bits per heavy atom. The molecule has 0 amide bonds. The molecule has 93 valence electrons. The van der Waals surface area contributed by atoms with E-state index in [9.17, 15) is 0 Å². The first-order valence-electron chi connectivity index (χ1n) is 7.04. The van der Waals surface area contributed by atoms with E-state index in [0.717, 1.165) is 0 Å². The van der Waals surface area contributed by atoms with Gasteiger partial charge in [-0.15, -0.1) is 0 Å². The number of hydrogen-bond donors (Lipinski definition) is 0. The molecule has 0 aliphatic heterocycles. The summed E-state index contributed by atoms with van der Waals surface area (Å²) in [5.41, 5.74) is 0. The molecule has 0 unspecified atom stereocenters. The Kier molecular flexibility index (Phi) is 9.92. The van der Waals surface area contributed by atoms with Crippen LogP contribution in [0.5, 0.6) is 0 Å². The van der Waals surface area contributed by atoms with Crippen molar-refractivity contribution in [2.24, 2.45) is 0 Å². The minimum absolute atomic E-state index is 0.944. The van der Waals surface area contributed by atoms with E-state index in [-0.39, 0.29) is 0 Å². The Morgan fingerprint density at radius 1 is 0.733 bits per heavy atom. The summed E-state index contributed by atoms with van der Waals surface area (Å²) in [6, 6.07) is 0. The summed E-state index contributed by atoms with van der Waals surface area (Å²) in [6.07, 6.45) is 14.4. The van der Waals surface area contributed by atoms with Crippen LogP contribution in [0.1, 0.15) is 59.3 Å². The fourth-order valence-electron chi connectivity index (χ4n) is 2.41. The molecule has 0 bridgehead atoms. The normalized spacial score (nSPS) is 13.1. The van der Waals surface area contributed by atoms with Gasteiger partial charge in [0, 0.05) is 0 Å². The molecule has 1 heteroatoms. The van der Waals surface area contributed by atoms with Crippen LogP contribution in [0.3, 0.4) is 0 Å². The first-order chi connectivity index (χ1) is 7.24. The molecule has 0 rings (SSSR count). The molecule has 1 radical (unpaired) electrons. The zero-order valence-corrected chi connectivity index (χ0v) is 12.3. The third-order valence-electron chi connectivity index (χ3n) is 3.71. The molecule has 0 saturated heterocycles. The maximum absolute atomic E-state index is 4.28. The third-order valence-corrected chi connectivity index (χ3v) is 9.02.